The number of sulfone groups is 1. The standard InChI is InChI=1S/C14H20N2O3S2/c1-10-4-5-11(12(8-10)15-2)14(17)16-6-7-20-9-13(16)21(3,18)19/h4-5,8,13,15H,6-7,9H2,1-3H3. The van der Waals surface area contributed by atoms with Crippen molar-refractivity contribution in [3.63, 3.8) is 0 Å². The Morgan fingerprint density at radius 1 is 1.43 bits per heavy atom. The zero-order valence-corrected chi connectivity index (χ0v) is 14.1. The van der Waals surface area contributed by atoms with Gasteiger partial charge in [0, 0.05) is 37.0 Å². The van der Waals surface area contributed by atoms with Crippen molar-refractivity contribution in [2.24, 2.45) is 0 Å². The first-order valence-electron chi connectivity index (χ1n) is 6.70. The van der Waals surface area contributed by atoms with Gasteiger partial charge in [-0.3, -0.25) is 4.79 Å². The van der Waals surface area contributed by atoms with Crippen molar-refractivity contribution < 1.29 is 13.2 Å². The maximum absolute atomic E-state index is 12.8. The smallest absolute Gasteiger partial charge is 0.257 e. The summed E-state index contributed by atoms with van der Waals surface area (Å²) in [6.07, 6.45) is 1.19. The van der Waals surface area contributed by atoms with Crippen LogP contribution in [-0.2, 0) is 9.84 Å². The van der Waals surface area contributed by atoms with Gasteiger partial charge >= 0.3 is 0 Å². The molecule has 1 amide bonds. The highest BCUT2D eigenvalue weighted by Gasteiger charge is 2.35. The number of carbonyl (C=O) groups is 1. The number of carbonyl (C=O) groups excluding carboxylic acids is 1. The van der Waals surface area contributed by atoms with Crippen molar-refractivity contribution in [3.05, 3.63) is 29.3 Å². The molecule has 2 rings (SSSR count). The van der Waals surface area contributed by atoms with Crippen molar-refractivity contribution in [1.82, 2.24) is 4.90 Å². The van der Waals surface area contributed by atoms with Crippen LogP contribution >= 0.6 is 11.8 Å². The first-order valence-corrected chi connectivity index (χ1v) is 9.81. The summed E-state index contributed by atoms with van der Waals surface area (Å²) in [6.45, 7) is 2.41. The second kappa shape index (κ2) is 6.27. The predicted octanol–water partition coefficient (Wildman–Crippen LogP) is 1.60. The van der Waals surface area contributed by atoms with E-state index in [0.717, 1.165) is 17.0 Å². The fraction of sp³-hybridized carbons (Fsp3) is 0.500. The summed E-state index contributed by atoms with van der Waals surface area (Å²) in [5, 5.41) is 2.27. The minimum Gasteiger partial charge on any atom is -0.387 e. The van der Waals surface area contributed by atoms with E-state index in [1.165, 1.54) is 11.2 Å². The minimum absolute atomic E-state index is 0.227. The molecular weight excluding hydrogens is 308 g/mol. The van der Waals surface area contributed by atoms with E-state index >= 15 is 0 Å². The number of anilines is 1. The highest BCUT2D eigenvalue weighted by molar-refractivity contribution is 8.00. The Morgan fingerprint density at radius 3 is 2.76 bits per heavy atom. The lowest BCUT2D eigenvalue weighted by Gasteiger charge is -2.34. The Bertz CT molecular complexity index is 644. The number of aryl methyl sites for hydroxylation is 1. The topological polar surface area (TPSA) is 66.5 Å². The van der Waals surface area contributed by atoms with Crippen molar-refractivity contribution in [2.75, 3.05) is 36.7 Å². The van der Waals surface area contributed by atoms with Gasteiger partial charge in [-0.15, -0.1) is 0 Å². The van der Waals surface area contributed by atoms with E-state index in [-0.39, 0.29) is 5.91 Å². The van der Waals surface area contributed by atoms with Crippen LogP contribution in [0.15, 0.2) is 18.2 Å². The molecule has 5 nitrogen and oxygen atoms in total. The average Bonchev–Trinajstić information content (AvgIpc) is 2.45. The number of amides is 1. The minimum atomic E-state index is -3.29. The number of thioether (sulfide) groups is 1. The van der Waals surface area contributed by atoms with Gasteiger partial charge < -0.3 is 10.2 Å². The number of hydrogen-bond acceptors (Lipinski definition) is 5. The van der Waals surface area contributed by atoms with E-state index in [1.807, 2.05) is 19.1 Å². The molecule has 1 aliphatic rings. The largest absolute Gasteiger partial charge is 0.387 e. The Morgan fingerprint density at radius 2 is 2.14 bits per heavy atom. The second-order valence-corrected chi connectivity index (χ2v) is 8.51. The highest BCUT2D eigenvalue weighted by Crippen LogP contribution is 2.25. The Kier molecular flexibility index (Phi) is 4.83. The number of benzene rings is 1. The van der Waals surface area contributed by atoms with E-state index in [1.54, 1.807) is 24.9 Å². The third-order valence-electron chi connectivity index (χ3n) is 3.51. The Labute approximate surface area is 130 Å². The number of nitrogens with one attached hydrogen (secondary N) is 1. The molecule has 1 aliphatic heterocycles. The zero-order valence-electron chi connectivity index (χ0n) is 12.4. The summed E-state index contributed by atoms with van der Waals surface area (Å²) in [6, 6.07) is 5.51. The van der Waals surface area contributed by atoms with Gasteiger partial charge in [-0.2, -0.15) is 11.8 Å². The van der Waals surface area contributed by atoms with Gasteiger partial charge in [-0.05, 0) is 24.6 Å². The van der Waals surface area contributed by atoms with Crippen LogP contribution in [0.4, 0.5) is 5.69 Å². The molecule has 7 heteroatoms. The van der Waals surface area contributed by atoms with Crippen molar-refractivity contribution in [3.8, 4) is 0 Å². The summed E-state index contributed by atoms with van der Waals surface area (Å²) < 4.78 is 23.8. The van der Waals surface area contributed by atoms with Crippen molar-refractivity contribution in [1.29, 1.82) is 0 Å². The Balaban J connectivity index is 2.38. The summed E-state index contributed by atoms with van der Waals surface area (Å²) in [4.78, 5) is 14.2. The van der Waals surface area contributed by atoms with Gasteiger partial charge in [0.15, 0.2) is 9.84 Å². The third-order valence-corrected chi connectivity index (χ3v) is 6.16. The zero-order chi connectivity index (χ0) is 15.6. The number of hydrogen-bond donors (Lipinski definition) is 1. The monoisotopic (exact) mass is 328 g/mol. The molecule has 1 saturated heterocycles. The second-order valence-electron chi connectivity index (χ2n) is 5.16. The molecule has 1 unspecified atom stereocenters. The fourth-order valence-electron chi connectivity index (χ4n) is 2.37. The SMILES string of the molecule is CNc1cc(C)ccc1C(=O)N1CCSCC1S(C)(=O)=O. The molecule has 1 heterocycles. The van der Waals surface area contributed by atoms with Gasteiger partial charge in [-0.25, -0.2) is 8.42 Å². The van der Waals surface area contributed by atoms with Crippen molar-refractivity contribution >= 4 is 33.2 Å². The molecule has 0 spiro atoms. The molecule has 1 aromatic rings. The van der Waals surface area contributed by atoms with E-state index in [0.29, 0.717) is 17.9 Å². The van der Waals surface area contributed by atoms with Gasteiger partial charge in [0.05, 0.1) is 5.56 Å². The lowest BCUT2D eigenvalue weighted by Crippen LogP contribution is -2.50. The molecule has 21 heavy (non-hydrogen) atoms. The summed E-state index contributed by atoms with van der Waals surface area (Å²) >= 11 is 1.57. The first kappa shape index (κ1) is 16.2. The lowest BCUT2D eigenvalue weighted by atomic mass is 10.1. The normalized spacial score (nSPS) is 19.4. The molecule has 0 aliphatic carbocycles. The predicted molar refractivity (Wildman–Crippen MR) is 87.7 cm³/mol. The Hall–Kier alpha value is -1.21. The summed E-state index contributed by atoms with van der Waals surface area (Å²) in [5.74, 6) is 0.971. The van der Waals surface area contributed by atoms with Gasteiger partial charge in [0.2, 0.25) is 0 Å². The third kappa shape index (κ3) is 3.52. The van der Waals surface area contributed by atoms with Crippen LogP contribution < -0.4 is 5.32 Å². The highest BCUT2D eigenvalue weighted by atomic mass is 32.2. The van der Waals surface area contributed by atoms with Crippen LogP contribution in [0.5, 0.6) is 0 Å². The molecule has 0 aromatic heterocycles. The molecule has 0 saturated carbocycles. The maximum Gasteiger partial charge on any atom is 0.257 e. The van der Waals surface area contributed by atoms with Gasteiger partial charge in [0.25, 0.3) is 5.91 Å². The van der Waals surface area contributed by atoms with E-state index in [4.69, 9.17) is 0 Å². The van der Waals surface area contributed by atoms with Gasteiger partial charge in [0.1, 0.15) is 5.37 Å². The molecule has 0 radical (unpaired) electrons. The molecule has 1 N–H and O–H groups in total. The first-order chi connectivity index (χ1) is 9.84. The van der Waals surface area contributed by atoms with Crippen LogP contribution in [0.2, 0.25) is 0 Å². The van der Waals surface area contributed by atoms with E-state index < -0.39 is 15.2 Å². The average molecular weight is 328 g/mol. The summed E-state index contributed by atoms with van der Waals surface area (Å²) in [7, 11) is -1.54. The van der Waals surface area contributed by atoms with Crippen molar-refractivity contribution in [2.45, 2.75) is 12.3 Å². The quantitative estimate of drug-likeness (QED) is 0.913. The lowest BCUT2D eigenvalue weighted by molar-refractivity contribution is 0.0750. The number of rotatable bonds is 3. The molecular formula is C14H20N2O3S2. The molecule has 1 fully saturated rings. The van der Waals surface area contributed by atoms with Crippen LogP contribution in [0.25, 0.3) is 0 Å². The molecule has 116 valence electrons. The van der Waals surface area contributed by atoms with E-state index in [9.17, 15) is 13.2 Å². The van der Waals surface area contributed by atoms with Gasteiger partial charge in [-0.1, -0.05) is 6.07 Å². The number of nitrogens with zero attached hydrogens (tertiary/aromatic N) is 1. The molecule has 0 bridgehead atoms. The van der Waals surface area contributed by atoms with Crippen LogP contribution in [0.1, 0.15) is 15.9 Å². The molecule has 1 atom stereocenters. The maximum atomic E-state index is 12.8. The van der Waals surface area contributed by atoms with E-state index in [2.05, 4.69) is 5.32 Å². The molecule has 1 aromatic carbocycles. The summed E-state index contributed by atoms with van der Waals surface area (Å²) in [5.41, 5.74) is 2.29. The van der Waals surface area contributed by atoms with Crippen LogP contribution in [0.3, 0.4) is 0 Å². The van der Waals surface area contributed by atoms with Crippen LogP contribution in [-0.4, -0.2) is 56.0 Å². The fourth-order valence-corrected chi connectivity index (χ4v) is 5.19. The van der Waals surface area contributed by atoms with Crippen LogP contribution in [0, 0.1) is 6.92 Å².